The van der Waals surface area contributed by atoms with Crippen molar-refractivity contribution in [3.8, 4) is 0 Å². The lowest BCUT2D eigenvalue weighted by Gasteiger charge is -2.12. The number of anilines is 2. The first-order chi connectivity index (χ1) is 9.95. The van der Waals surface area contributed by atoms with Crippen LogP contribution >= 0.6 is 11.5 Å². The van der Waals surface area contributed by atoms with Crippen LogP contribution in [0.25, 0.3) is 0 Å². The Labute approximate surface area is 129 Å². The molecule has 0 spiro atoms. The second-order valence-corrected chi connectivity index (χ2v) is 6.52. The number of hydrogen-bond acceptors (Lipinski definition) is 5. The van der Waals surface area contributed by atoms with Gasteiger partial charge in [0.15, 0.2) is 0 Å². The molecule has 1 aromatic heterocycles. The fourth-order valence-electron chi connectivity index (χ4n) is 1.63. The molecule has 0 atom stereocenters. The minimum atomic E-state index is -0.0545. The summed E-state index contributed by atoms with van der Waals surface area (Å²) in [5, 5.41) is 6.74. The van der Waals surface area contributed by atoms with Crippen molar-refractivity contribution in [2.45, 2.75) is 32.6 Å². The van der Waals surface area contributed by atoms with E-state index in [-0.39, 0.29) is 11.3 Å². The van der Waals surface area contributed by atoms with Gasteiger partial charge in [-0.25, -0.2) is 4.98 Å². The number of nitrogens with one attached hydrogen (secondary N) is 2. The van der Waals surface area contributed by atoms with E-state index in [1.54, 1.807) is 0 Å². The Morgan fingerprint density at radius 3 is 2.57 bits per heavy atom. The average Bonchev–Trinajstić information content (AvgIpc) is 2.88. The van der Waals surface area contributed by atoms with Gasteiger partial charge in [-0.2, -0.15) is 4.37 Å². The Morgan fingerprint density at radius 2 is 1.95 bits per heavy atom. The monoisotopic (exact) mass is 304 g/mol. The van der Waals surface area contributed by atoms with E-state index < -0.39 is 0 Å². The maximum atomic E-state index is 11.8. The second-order valence-electron chi connectivity index (χ2n) is 5.76. The molecule has 0 aliphatic heterocycles. The average molecular weight is 304 g/mol. The number of aromatic nitrogens is 2. The highest BCUT2D eigenvalue weighted by Gasteiger charge is 2.19. The van der Waals surface area contributed by atoms with Crippen molar-refractivity contribution >= 4 is 28.3 Å². The zero-order valence-corrected chi connectivity index (χ0v) is 13.3. The van der Waals surface area contributed by atoms with Crippen LogP contribution in [0.5, 0.6) is 0 Å². The molecule has 6 heteroatoms. The van der Waals surface area contributed by atoms with Crippen LogP contribution in [-0.2, 0) is 10.2 Å². The molecule has 1 aromatic carbocycles. The SMILES string of the molecule is CC(C)(C)c1nsc(NCCC(=O)Nc2ccccc2)n1. The number of carbonyl (C=O) groups excluding carboxylic acids is 1. The van der Waals surface area contributed by atoms with E-state index in [0.29, 0.717) is 13.0 Å². The van der Waals surface area contributed by atoms with Crippen molar-refractivity contribution < 1.29 is 4.79 Å². The summed E-state index contributed by atoms with van der Waals surface area (Å²) in [7, 11) is 0. The molecule has 0 saturated carbocycles. The molecule has 0 bridgehead atoms. The van der Waals surface area contributed by atoms with E-state index in [0.717, 1.165) is 16.6 Å². The molecule has 2 rings (SSSR count). The van der Waals surface area contributed by atoms with E-state index >= 15 is 0 Å². The standard InChI is InChI=1S/C15H20N4OS/c1-15(2,3)13-18-14(21-19-13)16-10-9-12(20)17-11-7-5-4-6-8-11/h4-8H,9-10H2,1-3H3,(H,17,20)(H,16,18,19). The highest BCUT2D eigenvalue weighted by molar-refractivity contribution is 7.09. The highest BCUT2D eigenvalue weighted by atomic mass is 32.1. The fourth-order valence-corrected chi connectivity index (χ4v) is 2.41. The Hall–Kier alpha value is -1.95. The molecule has 0 saturated heterocycles. The van der Waals surface area contributed by atoms with Gasteiger partial charge in [0.2, 0.25) is 11.0 Å². The van der Waals surface area contributed by atoms with Crippen molar-refractivity contribution in [2.24, 2.45) is 0 Å². The molecule has 21 heavy (non-hydrogen) atoms. The lowest BCUT2D eigenvalue weighted by atomic mass is 9.96. The van der Waals surface area contributed by atoms with Crippen LogP contribution in [0.3, 0.4) is 0 Å². The summed E-state index contributed by atoms with van der Waals surface area (Å²) in [6, 6.07) is 9.43. The van der Waals surface area contributed by atoms with Gasteiger partial charge < -0.3 is 10.6 Å². The molecule has 1 amide bonds. The number of rotatable bonds is 5. The van der Waals surface area contributed by atoms with Crippen LogP contribution in [0.1, 0.15) is 33.0 Å². The summed E-state index contributed by atoms with van der Waals surface area (Å²) in [6.45, 7) is 6.77. The van der Waals surface area contributed by atoms with Gasteiger partial charge in [0, 0.05) is 35.6 Å². The fraction of sp³-hybridized carbons (Fsp3) is 0.400. The van der Waals surface area contributed by atoms with E-state index in [4.69, 9.17) is 0 Å². The van der Waals surface area contributed by atoms with E-state index in [1.165, 1.54) is 11.5 Å². The van der Waals surface area contributed by atoms with Gasteiger partial charge in [-0.1, -0.05) is 39.0 Å². The third-order valence-corrected chi connectivity index (χ3v) is 3.46. The largest absolute Gasteiger partial charge is 0.360 e. The lowest BCUT2D eigenvalue weighted by molar-refractivity contribution is -0.115. The summed E-state index contributed by atoms with van der Waals surface area (Å²) < 4.78 is 4.32. The normalized spacial score (nSPS) is 11.2. The topological polar surface area (TPSA) is 66.9 Å². The number of amides is 1. The molecule has 5 nitrogen and oxygen atoms in total. The Kier molecular flexibility index (Phi) is 4.90. The summed E-state index contributed by atoms with van der Waals surface area (Å²) >= 11 is 1.33. The maximum absolute atomic E-state index is 11.8. The predicted molar refractivity (Wildman–Crippen MR) is 86.8 cm³/mol. The van der Waals surface area contributed by atoms with Gasteiger partial charge in [-0.3, -0.25) is 4.79 Å². The minimum absolute atomic E-state index is 0.0192. The summed E-state index contributed by atoms with van der Waals surface area (Å²) in [5.74, 6) is 0.804. The van der Waals surface area contributed by atoms with Crippen LogP contribution in [0.2, 0.25) is 0 Å². The molecule has 0 fully saturated rings. The molecule has 0 radical (unpaired) electrons. The first-order valence-electron chi connectivity index (χ1n) is 6.88. The smallest absolute Gasteiger partial charge is 0.226 e. The predicted octanol–water partition coefficient (Wildman–Crippen LogP) is 3.28. The number of benzene rings is 1. The summed E-state index contributed by atoms with van der Waals surface area (Å²) in [6.07, 6.45) is 0.388. The second kappa shape index (κ2) is 6.67. The van der Waals surface area contributed by atoms with Crippen molar-refractivity contribution in [3.05, 3.63) is 36.2 Å². The van der Waals surface area contributed by atoms with E-state index in [9.17, 15) is 4.79 Å². The van der Waals surface area contributed by atoms with Crippen molar-refractivity contribution in [2.75, 3.05) is 17.2 Å². The maximum Gasteiger partial charge on any atom is 0.226 e. The number of para-hydroxylation sites is 1. The van der Waals surface area contributed by atoms with E-state index in [1.807, 2.05) is 30.3 Å². The summed E-state index contributed by atoms with van der Waals surface area (Å²) in [4.78, 5) is 16.2. The molecule has 2 N–H and O–H groups in total. The molecule has 112 valence electrons. The van der Waals surface area contributed by atoms with Crippen LogP contribution in [-0.4, -0.2) is 21.8 Å². The molecular weight excluding hydrogens is 284 g/mol. The van der Waals surface area contributed by atoms with Crippen LogP contribution < -0.4 is 10.6 Å². The third-order valence-electron chi connectivity index (χ3n) is 2.78. The molecule has 1 heterocycles. The van der Waals surface area contributed by atoms with Gasteiger partial charge in [0.05, 0.1) is 0 Å². The van der Waals surface area contributed by atoms with Crippen molar-refractivity contribution in [1.29, 1.82) is 0 Å². The minimum Gasteiger partial charge on any atom is -0.360 e. The van der Waals surface area contributed by atoms with Crippen LogP contribution in [0.4, 0.5) is 10.8 Å². The van der Waals surface area contributed by atoms with Gasteiger partial charge >= 0.3 is 0 Å². The molecule has 0 aliphatic carbocycles. The van der Waals surface area contributed by atoms with Gasteiger partial charge in [-0.15, -0.1) is 0 Å². The van der Waals surface area contributed by atoms with Crippen LogP contribution in [0, 0.1) is 0 Å². The van der Waals surface area contributed by atoms with Gasteiger partial charge in [0.1, 0.15) is 5.82 Å². The quantitative estimate of drug-likeness (QED) is 0.889. The lowest BCUT2D eigenvalue weighted by Crippen LogP contribution is -2.16. The summed E-state index contributed by atoms with van der Waals surface area (Å²) in [5.41, 5.74) is 0.759. The number of nitrogens with zero attached hydrogens (tertiary/aromatic N) is 2. The van der Waals surface area contributed by atoms with Crippen molar-refractivity contribution in [3.63, 3.8) is 0 Å². The zero-order chi connectivity index (χ0) is 15.3. The Balaban J connectivity index is 1.77. The third kappa shape index (κ3) is 4.82. The number of hydrogen-bond donors (Lipinski definition) is 2. The van der Waals surface area contributed by atoms with Crippen LogP contribution in [0.15, 0.2) is 30.3 Å². The Bertz CT molecular complexity index is 589. The molecule has 0 aliphatic rings. The Morgan fingerprint density at radius 1 is 1.24 bits per heavy atom. The zero-order valence-electron chi connectivity index (χ0n) is 12.5. The molecule has 2 aromatic rings. The van der Waals surface area contributed by atoms with E-state index in [2.05, 4.69) is 40.8 Å². The number of carbonyl (C=O) groups is 1. The van der Waals surface area contributed by atoms with Gasteiger partial charge in [-0.05, 0) is 12.1 Å². The first kappa shape index (κ1) is 15.4. The molecular formula is C15H20N4OS. The first-order valence-corrected chi connectivity index (χ1v) is 7.65. The van der Waals surface area contributed by atoms with Crippen molar-refractivity contribution in [1.82, 2.24) is 9.36 Å². The highest BCUT2D eigenvalue weighted by Crippen LogP contribution is 2.22. The van der Waals surface area contributed by atoms with Gasteiger partial charge in [0.25, 0.3) is 0 Å². The molecule has 0 unspecified atom stereocenters.